The van der Waals surface area contributed by atoms with Crippen LogP contribution in [0.5, 0.6) is 5.75 Å². The lowest BCUT2D eigenvalue weighted by Crippen LogP contribution is -1.89. The van der Waals surface area contributed by atoms with Gasteiger partial charge in [-0.15, -0.1) is 11.8 Å². The molecule has 2 aromatic rings. The van der Waals surface area contributed by atoms with Gasteiger partial charge in [0.05, 0.1) is 0 Å². The van der Waals surface area contributed by atoms with Gasteiger partial charge in [0.1, 0.15) is 12.0 Å². The monoisotopic (exact) mass is 244 g/mol. The third-order valence-corrected chi connectivity index (χ3v) is 3.54. The highest BCUT2D eigenvalue weighted by atomic mass is 32.2. The number of aromatic hydroxyl groups is 1. The van der Waals surface area contributed by atoms with Crippen LogP contribution in [-0.2, 0) is 5.75 Å². The number of phenolic OH excluding ortho intramolecular Hbond substituents is 1. The maximum atomic E-state index is 10.8. The molecule has 17 heavy (non-hydrogen) atoms. The van der Waals surface area contributed by atoms with E-state index in [4.69, 9.17) is 0 Å². The second kappa shape index (κ2) is 5.55. The van der Waals surface area contributed by atoms with Crippen LogP contribution in [0.2, 0.25) is 0 Å². The summed E-state index contributed by atoms with van der Waals surface area (Å²) in [6, 6.07) is 14.7. The van der Waals surface area contributed by atoms with E-state index >= 15 is 0 Å². The predicted molar refractivity (Wildman–Crippen MR) is 69.5 cm³/mol. The van der Waals surface area contributed by atoms with Gasteiger partial charge in [-0.25, -0.2) is 0 Å². The molecule has 0 radical (unpaired) electrons. The molecule has 0 bridgehead atoms. The van der Waals surface area contributed by atoms with Crippen LogP contribution < -0.4 is 0 Å². The second-order valence-electron chi connectivity index (χ2n) is 3.57. The molecule has 2 aromatic carbocycles. The highest BCUT2D eigenvalue weighted by Crippen LogP contribution is 2.30. The Labute approximate surface area is 104 Å². The first-order chi connectivity index (χ1) is 8.31. The SMILES string of the molecule is O=Cc1ccccc1CSc1ccccc1O. The van der Waals surface area contributed by atoms with E-state index in [9.17, 15) is 9.90 Å². The molecule has 0 fully saturated rings. The minimum atomic E-state index is 0.279. The van der Waals surface area contributed by atoms with Gasteiger partial charge in [-0.1, -0.05) is 36.4 Å². The Morgan fingerprint density at radius 1 is 1.06 bits per heavy atom. The molecule has 86 valence electrons. The topological polar surface area (TPSA) is 37.3 Å². The zero-order valence-electron chi connectivity index (χ0n) is 9.17. The van der Waals surface area contributed by atoms with Crippen molar-refractivity contribution in [3.63, 3.8) is 0 Å². The first-order valence-electron chi connectivity index (χ1n) is 5.25. The average molecular weight is 244 g/mol. The van der Waals surface area contributed by atoms with Crippen LogP contribution in [0.3, 0.4) is 0 Å². The van der Waals surface area contributed by atoms with Gasteiger partial charge in [-0.2, -0.15) is 0 Å². The quantitative estimate of drug-likeness (QED) is 0.660. The molecule has 0 aliphatic rings. The van der Waals surface area contributed by atoms with Crippen LogP contribution in [0.4, 0.5) is 0 Å². The number of carbonyl (C=O) groups excluding carboxylic acids is 1. The minimum Gasteiger partial charge on any atom is -0.507 e. The average Bonchev–Trinajstić information content (AvgIpc) is 2.38. The molecule has 0 aliphatic heterocycles. The second-order valence-corrected chi connectivity index (χ2v) is 4.59. The fourth-order valence-electron chi connectivity index (χ4n) is 1.52. The standard InChI is InChI=1S/C14H12O2S/c15-9-11-5-1-2-6-12(11)10-17-14-8-4-3-7-13(14)16/h1-9,16H,10H2. The number of hydrogen-bond donors (Lipinski definition) is 1. The van der Waals surface area contributed by atoms with Crippen LogP contribution in [0, 0.1) is 0 Å². The van der Waals surface area contributed by atoms with Crippen LogP contribution in [0.25, 0.3) is 0 Å². The van der Waals surface area contributed by atoms with Crippen molar-refractivity contribution in [2.75, 3.05) is 0 Å². The summed E-state index contributed by atoms with van der Waals surface area (Å²) in [6.07, 6.45) is 0.862. The molecule has 2 nitrogen and oxygen atoms in total. The lowest BCUT2D eigenvalue weighted by atomic mass is 10.1. The molecule has 2 rings (SSSR count). The number of thioether (sulfide) groups is 1. The summed E-state index contributed by atoms with van der Waals surface area (Å²) in [7, 11) is 0. The van der Waals surface area contributed by atoms with Crippen molar-refractivity contribution in [3.8, 4) is 5.75 Å². The van der Waals surface area contributed by atoms with Crippen molar-refractivity contribution < 1.29 is 9.90 Å². The smallest absolute Gasteiger partial charge is 0.150 e. The fourth-order valence-corrected chi connectivity index (χ4v) is 2.48. The molecular weight excluding hydrogens is 232 g/mol. The Morgan fingerprint density at radius 2 is 1.76 bits per heavy atom. The number of phenols is 1. The van der Waals surface area contributed by atoms with Crippen molar-refractivity contribution in [2.45, 2.75) is 10.6 Å². The highest BCUT2D eigenvalue weighted by molar-refractivity contribution is 7.98. The van der Waals surface area contributed by atoms with E-state index in [1.54, 1.807) is 18.2 Å². The largest absolute Gasteiger partial charge is 0.507 e. The Balaban J connectivity index is 2.13. The van der Waals surface area contributed by atoms with Crippen molar-refractivity contribution in [1.82, 2.24) is 0 Å². The Hall–Kier alpha value is -1.74. The number of para-hydroxylation sites is 1. The van der Waals surface area contributed by atoms with Crippen LogP contribution >= 0.6 is 11.8 Å². The number of hydrogen-bond acceptors (Lipinski definition) is 3. The maximum Gasteiger partial charge on any atom is 0.150 e. The van der Waals surface area contributed by atoms with Crippen molar-refractivity contribution in [2.24, 2.45) is 0 Å². The number of aldehydes is 1. The van der Waals surface area contributed by atoms with Gasteiger partial charge in [0, 0.05) is 16.2 Å². The first kappa shape index (κ1) is 11.7. The molecular formula is C14H12O2S. The minimum absolute atomic E-state index is 0.279. The first-order valence-corrected chi connectivity index (χ1v) is 6.23. The number of benzene rings is 2. The van der Waals surface area contributed by atoms with Crippen molar-refractivity contribution in [1.29, 1.82) is 0 Å². The van der Waals surface area contributed by atoms with Gasteiger partial charge >= 0.3 is 0 Å². The summed E-state index contributed by atoms with van der Waals surface area (Å²) in [5.74, 6) is 0.952. The Morgan fingerprint density at radius 3 is 2.53 bits per heavy atom. The molecule has 1 N–H and O–H groups in total. The maximum absolute atomic E-state index is 10.8. The zero-order valence-corrected chi connectivity index (χ0v) is 9.98. The highest BCUT2D eigenvalue weighted by Gasteiger charge is 2.04. The van der Waals surface area contributed by atoms with Crippen molar-refractivity contribution >= 4 is 18.0 Å². The van der Waals surface area contributed by atoms with Gasteiger partial charge < -0.3 is 5.11 Å². The Kier molecular flexibility index (Phi) is 3.83. The summed E-state index contributed by atoms with van der Waals surface area (Å²) in [5.41, 5.74) is 1.69. The molecule has 0 saturated heterocycles. The number of rotatable bonds is 4. The van der Waals surface area contributed by atoms with E-state index in [2.05, 4.69) is 0 Å². The molecule has 0 heterocycles. The van der Waals surface area contributed by atoms with Gasteiger partial charge in [-0.3, -0.25) is 4.79 Å². The van der Waals surface area contributed by atoms with E-state index in [0.29, 0.717) is 11.3 Å². The molecule has 0 unspecified atom stereocenters. The fraction of sp³-hybridized carbons (Fsp3) is 0.0714. The summed E-state index contributed by atoms with van der Waals surface area (Å²) < 4.78 is 0. The van der Waals surface area contributed by atoms with Crippen LogP contribution in [0.1, 0.15) is 15.9 Å². The zero-order chi connectivity index (χ0) is 12.1. The molecule has 3 heteroatoms. The molecule has 0 saturated carbocycles. The lowest BCUT2D eigenvalue weighted by molar-refractivity contribution is 0.112. The van der Waals surface area contributed by atoms with Crippen LogP contribution in [-0.4, -0.2) is 11.4 Å². The van der Waals surface area contributed by atoms with Crippen molar-refractivity contribution in [3.05, 3.63) is 59.7 Å². The molecule has 0 spiro atoms. The number of carbonyl (C=O) groups is 1. The molecule has 0 atom stereocenters. The van der Waals surface area contributed by atoms with Crippen LogP contribution in [0.15, 0.2) is 53.4 Å². The molecule has 0 aromatic heterocycles. The van der Waals surface area contributed by atoms with Gasteiger partial charge in [0.25, 0.3) is 0 Å². The summed E-state index contributed by atoms with van der Waals surface area (Å²) >= 11 is 1.52. The van der Waals surface area contributed by atoms with Gasteiger partial charge in [0.2, 0.25) is 0 Å². The summed E-state index contributed by atoms with van der Waals surface area (Å²) in [6.45, 7) is 0. The van der Waals surface area contributed by atoms with E-state index in [1.165, 1.54) is 11.8 Å². The third kappa shape index (κ3) is 2.88. The normalized spacial score (nSPS) is 10.1. The van der Waals surface area contributed by atoms with Gasteiger partial charge in [0.15, 0.2) is 0 Å². The molecule has 0 amide bonds. The lowest BCUT2D eigenvalue weighted by Gasteiger charge is -2.05. The third-order valence-electron chi connectivity index (χ3n) is 2.43. The molecule has 0 aliphatic carbocycles. The summed E-state index contributed by atoms with van der Waals surface area (Å²) in [5, 5.41) is 9.62. The predicted octanol–water partition coefficient (Wildman–Crippen LogP) is 3.50. The van der Waals surface area contributed by atoms with E-state index < -0.39 is 0 Å². The summed E-state index contributed by atoms with van der Waals surface area (Å²) in [4.78, 5) is 11.7. The van der Waals surface area contributed by atoms with E-state index in [0.717, 1.165) is 16.7 Å². The van der Waals surface area contributed by atoms with Gasteiger partial charge in [-0.05, 0) is 17.7 Å². The Bertz CT molecular complexity index is 523. The van der Waals surface area contributed by atoms with E-state index in [-0.39, 0.29) is 5.75 Å². The van der Waals surface area contributed by atoms with E-state index in [1.807, 2.05) is 30.3 Å².